The topological polar surface area (TPSA) is 88.9 Å². The van der Waals surface area contributed by atoms with Gasteiger partial charge in [0.05, 0.1) is 40.0 Å². The molecule has 4 rings (SSSR count). The number of nitrogens with one attached hydrogen (secondary N) is 1. The van der Waals surface area contributed by atoms with Gasteiger partial charge in [0.15, 0.2) is 11.5 Å². The first-order valence-electron chi connectivity index (χ1n) is 10.3. The highest BCUT2D eigenvalue weighted by atomic mass is 16.5. The van der Waals surface area contributed by atoms with E-state index < -0.39 is 0 Å². The van der Waals surface area contributed by atoms with Crippen molar-refractivity contribution in [1.29, 1.82) is 5.26 Å². The van der Waals surface area contributed by atoms with Gasteiger partial charge in [0.2, 0.25) is 0 Å². The van der Waals surface area contributed by atoms with Crippen molar-refractivity contribution in [3.63, 3.8) is 0 Å². The van der Waals surface area contributed by atoms with Crippen LogP contribution in [0.5, 0.6) is 23.0 Å². The number of ether oxygens (including phenoxy) is 4. The van der Waals surface area contributed by atoms with E-state index in [-0.39, 0.29) is 6.04 Å². The zero-order valence-corrected chi connectivity index (χ0v) is 18.6. The van der Waals surface area contributed by atoms with Crippen molar-refractivity contribution in [1.82, 2.24) is 10.3 Å². The van der Waals surface area contributed by atoms with Crippen LogP contribution >= 0.6 is 0 Å². The minimum absolute atomic E-state index is 0.0152. The van der Waals surface area contributed by atoms with Crippen LogP contribution in [0.4, 0.5) is 5.82 Å². The highest BCUT2D eigenvalue weighted by molar-refractivity contribution is 5.98. The van der Waals surface area contributed by atoms with Gasteiger partial charge in [-0.3, -0.25) is 0 Å². The van der Waals surface area contributed by atoms with E-state index in [9.17, 15) is 5.26 Å². The van der Waals surface area contributed by atoms with E-state index >= 15 is 0 Å². The van der Waals surface area contributed by atoms with E-state index in [0.29, 0.717) is 23.6 Å². The average Bonchev–Trinajstić information content (AvgIpc) is 2.86. The van der Waals surface area contributed by atoms with E-state index in [2.05, 4.69) is 21.3 Å². The second-order valence-corrected chi connectivity index (χ2v) is 7.42. The largest absolute Gasteiger partial charge is 0.497 e. The van der Waals surface area contributed by atoms with Crippen molar-refractivity contribution in [3.05, 3.63) is 47.7 Å². The summed E-state index contributed by atoms with van der Waals surface area (Å²) in [4.78, 5) is 6.88. The molecule has 32 heavy (non-hydrogen) atoms. The molecule has 0 spiro atoms. The van der Waals surface area contributed by atoms with E-state index in [1.807, 2.05) is 30.3 Å². The van der Waals surface area contributed by atoms with Crippen LogP contribution in [0, 0.1) is 11.3 Å². The Morgan fingerprint density at radius 3 is 2.34 bits per heavy atom. The third-order valence-electron chi connectivity index (χ3n) is 5.78. The second-order valence-electron chi connectivity index (χ2n) is 7.42. The Kier molecular flexibility index (Phi) is 6.19. The molecule has 1 aromatic heterocycles. The number of hydrogen-bond donors (Lipinski definition) is 1. The molecular weight excluding hydrogens is 408 g/mol. The molecule has 0 amide bonds. The Hall–Kier alpha value is -3.70. The van der Waals surface area contributed by atoms with Gasteiger partial charge in [0.25, 0.3) is 0 Å². The number of nitrogens with zero attached hydrogens (tertiary/aromatic N) is 3. The van der Waals surface area contributed by atoms with Crippen molar-refractivity contribution < 1.29 is 18.9 Å². The number of rotatable bonds is 6. The summed E-state index contributed by atoms with van der Waals surface area (Å²) in [6.45, 7) is 2.21. The van der Waals surface area contributed by atoms with Gasteiger partial charge >= 0.3 is 0 Å². The summed E-state index contributed by atoms with van der Waals surface area (Å²) in [7, 11) is 6.50. The molecule has 2 aromatic carbocycles. The predicted octanol–water partition coefficient (Wildman–Crippen LogP) is 3.29. The number of pyridine rings is 1. The smallest absolute Gasteiger partial charge is 0.161 e. The first-order chi connectivity index (χ1) is 15.6. The monoisotopic (exact) mass is 434 g/mol. The number of hydrogen-bond acceptors (Lipinski definition) is 8. The van der Waals surface area contributed by atoms with Crippen molar-refractivity contribution in [3.8, 4) is 29.1 Å². The fraction of sp³-hybridized carbons (Fsp3) is 0.333. The number of nitriles is 1. The molecule has 0 aliphatic carbocycles. The zero-order chi connectivity index (χ0) is 22.7. The summed E-state index contributed by atoms with van der Waals surface area (Å²) >= 11 is 0. The van der Waals surface area contributed by atoms with Crippen LogP contribution in [0.3, 0.4) is 0 Å². The highest BCUT2D eigenvalue weighted by Crippen LogP contribution is 2.38. The first-order valence-corrected chi connectivity index (χ1v) is 10.3. The molecule has 0 radical (unpaired) electrons. The lowest BCUT2D eigenvalue weighted by Gasteiger charge is -2.36. The van der Waals surface area contributed by atoms with Gasteiger partial charge in [-0.15, -0.1) is 0 Å². The molecule has 1 aliphatic heterocycles. The molecule has 1 N–H and O–H groups in total. The molecule has 3 aromatic rings. The predicted molar refractivity (Wildman–Crippen MR) is 122 cm³/mol. The number of anilines is 1. The van der Waals surface area contributed by atoms with Crippen LogP contribution in [0.2, 0.25) is 0 Å². The fourth-order valence-electron chi connectivity index (χ4n) is 4.16. The van der Waals surface area contributed by atoms with Gasteiger partial charge in [0, 0.05) is 42.2 Å². The number of benzene rings is 2. The number of fused-ring (bicyclic) bond motifs is 1. The molecule has 0 saturated carbocycles. The molecule has 1 unspecified atom stereocenters. The Morgan fingerprint density at radius 2 is 1.69 bits per heavy atom. The minimum Gasteiger partial charge on any atom is -0.497 e. The standard InChI is InChI=1S/C24H26N4O4/c1-29-16-5-6-21(30-2)19(9-16)20-14-28(8-7-26-20)24-18-11-23(32-4)22(31-3)10-17(18)15(12-25)13-27-24/h5-6,9-11,13,20,26H,7-8,14H2,1-4H3. The fourth-order valence-corrected chi connectivity index (χ4v) is 4.16. The van der Waals surface area contributed by atoms with Gasteiger partial charge in [-0.2, -0.15) is 5.26 Å². The normalized spacial score (nSPS) is 15.8. The quantitative estimate of drug-likeness (QED) is 0.632. The maximum Gasteiger partial charge on any atom is 0.161 e. The summed E-state index contributed by atoms with van der Waals surface area (Å²) in [5.41, 5.74) is 1.51. The van der Waals surface area contributed by atoms with Crippen molar-refractivity contribution in [2.75, 3.05) is 53.0 Å². The number of piperazine rings is 1. The Bertz CT molecular complexity index is 1170. The molecule has 8 nitrogen and oxygen atoms in total. The number of aromatic nitrogens is 1. The van der Waals surface area contributed by atoms with E-state index in [1.165, 1.54) is 0 Å². The van der Waals surface area contributed by atoms with Crippen molar-refractivity contribution >= 4 is 16.6 Å². The van der Waals surface area contributed by atoms with E-state index in [4.69, 9.17) is 18.9 Å². The summed E-state index contributed by atoms with van der Waals surface area (Å²) in [6, 6.07) is 11.8. The molecule has 1 atom stereocenters. The van der Waals surface area contributed by atoms with Crippen LogP contribution in [-0.2, 0) is 0 Å². The zero-order valence-electron chi connectivity index (χ0n) is 18.6. The van der Waals surface area contributed by atoms with E-state index in [1.54, 1.807) is 34.6 Å². The second kappa shape index (κ2) is 9.20. The maximum atomic E-state index is 9.61. The van der Waals surface area contributed by atoms with Crippen LogP contribution in [0.15, 0.2) is 36.5 Å². The minimum atomic E-state index is 0.0152. The molecule has 1 fully saturated rings. The summed E-state index contributed by atoms with van der Waals surface area (Å²) < 4.78 is 22.0. The van der Waals surface area contributed by atoms with Gasteiger partial charge in [-0.25, -0.2) is 4.98 Å². The number of methoxy groups -OCH3 is 4. The summed E-state index contributed by atoms with van der Waals surface area (Å²) in [5.74, 6) is 3.55. The molecule has 2 heterocycles. The third-order valence-corrected chi connectivity index (χ3v) is 5.78. The van der Waals surface area contributed by atoms with Gasteiger partial charge in [0.1, 0.15) is 23.4 Å². The van der Waals surface area contributed by atoms with Crippen LogP contribution in [0.1, 0.15) is 17.2 Å². The van der Waals surface area contributed by atoms with Crippen LogP contribution < -0.4 is 29.2 Å². The first kappa shape index (κ1) is 21.5. The van der Waals surface area contributed by atoms with Crippen molar-refractivity contribution in [2.45, 2.75) is 6.04 Å². The lowest BCUT2D eigenvalue weighted by Crippen LogP contribution is -2.46. The maximum absolute atomic E-state index is 9.61. The van der Waals surface area contributed by atoms with Crippen LogP contribution in [0.25, 0.3) is 10.8 Å². The lowest BCUT2D eigenvalue weighted by molar-refractivity contribution is 0.356. The molecule has 0 bridgehead atoms. The van der Waals surface area contributed by atoms with Gasteiger partial charge in [-0.05, 0) is 30.3 Å². The van der Waals surface area contributed by atoms with Gasteiger partial charge < -0.3 is 29.2 Å². The lowest BCUT2D eigenvalue weighted by atomic mass is 10.0. The SMILES string of the molecule is COc1ccc(OC)c(C2CN(c3ncc(C#N)c4cc(OC)c(OC)cc34)CCN2)c1. The van der Waals surface area contributed by atoms with E-state index in [0.717, 1.165) is 46.7 Å². The summed E-state index contributed by atoms with van der Waals surface area (Å²) in [5, 5.41) is 14.8. The highest BCUT2D eigenvalue weighted by Gasteiger charge is 2.26. The Morgan fingerprint density at radius 1 is 0.969 bits per heavy atom. The Balaban J connectivity index is 1.77. The van der Waals surface area contributed by atoms with Crippen molar-refractivity contribution in [2.24, 2.45) is 0 Å². The third kappa shape index (κ3) is 3.83. The molecule has 1 saturated heterocycles. The molecule has 166 valence electrons. The Labute approximate surface area is 187 Å². The summed E-state index contributed by atoms with van der Waals surface area (Å²) in [6.07, 6.45) is 1.62. The van der Waals surface area contributed by atoms with Crippen LogP contribution in [-0.4, -0.2) is 53.1 Å². The molecule has 1 aliphatic rings. The molecule has 8 heteroatoms. The average molecular weight is 434 g/mol. The molecular formula is C24H26N4O4. The van der Waals surface area contributed by atoms with Gasteiger partial charge in [-0.1, -0.05) is 0 Å².